The van der Waals surface area contributed by atoms with Gasteiger partial charge in [-0.3, -0.25) is 4.79 Å². The van der Waals surface area contributed by atoms with E-state index < -0.39 is 0 Å². The molecule has 1 heterocycles. The van der Waals surface area contributed by atoms with Crippen LogP contribution in [0.3, 0.4) is 0 Å². The fraction of sp³-hybridized carbons (Fsp3) is 0.300. The van der Waals surface area contributed by atoms with E-state index in [9.17, 15) is 4.79 Å². The molecule has 80 valence electrons. The van der Waals surface area contributed by atoms with Crippen molar-refractivity contribution in [3.63, 3.8) is 0 Å². The van der Waals surface area contributed by atoms with E-state index in [-0.39, 0.29) is 12.7 Å². The first-order chi connectivity index (χ1) is 7.22. The van der Waals surface area contributed by atoms with Gasteiger partial charge in [0.25, 0.3) is 5.91 Å². The molecule has 0 unspecified atom stereocenters. The number of benzene rings is 1. The van der Waals surface area contributed by atoms with Gasteiger partial charge in [0.2, 0.25) is 6.79 Å². The van der Waals surface area contributed by atoms with Crippen LogP contribution >= 0.6 is 0 Å². The summed E-state index contributed by atoms with van der Waals surface area (Å²) in [6.45, 7) is 2.54. The summed E-state index contributed by atoms with van der Waals surface area (Å²) in [5.41, 5.74) is 6.56. The zero-order valence-corrected chi connectivity index (χ0v) is 8.37. The molecule has 0 radical (unpaired) electrons. The molecule has 0 atom stereocenters. The number of hydrogen-bond acceptors (Lipinski definition) is 4. The summed E-state index contributed by atoms with van der Waals surface area (Å²) in [6, 6.07) is 3.23. The van der Waals surface area contributed by atoms with Crippen LogP contribution in [-0.4, -0.2) is 19.2 Å². The molecule has 0 saturated carbocycles. The summed E-state index contributed by atoms with van der Waals surface area (Å²) in [5, 5.41) is 2.69. The second-order valence-electron chi connectivity index (χ2n) is 3.16. The SMILES string of the molecule is CCNC(=O)c1cc(N)cc2c1OCO2. The zero-order chi connectivity index (χ0) is 10.8. The Morgan fingerprint density at radius 1 is 1.53 bits per heavy atom. The maximum atomic E-state index is 11.7. The molecule has 0 aliphatic carbocycles. The monoisotopic (exact) mass is 208 g/mol. The van der Waals surface area contributed by atoms with Crippen molar-refractivity contribution in [1.29, 1.82) is 0 Å². The second-order valence-corrected chi connectivity index (χ2v) is 3.16. The average molecular weight is 208 g/mol. The van der Waals surface area contributed by atoms with Gasteiger partial charge >= 0.3 is 0 Å². The summed E-state index contributed by atoms with van der Waals surface area (Å²) < 4.78 is 10.4. The molecule has 0 spiro atoms. The maximum Gasteiger partial charge on any atom is 0.255 e. The number of carbonyl (C=O) groups excluding carboxylic acids is 1. The molecule has 1 amide bonds. The van der Waals surface area contributed by atoms with Crippen LogP contribution in [0.5, 0.6) is 11.5 Å². The average Bonchev–Trinajstić information content (AvgIpc) is 2.64. The van der Waals surface area contributed by atoms with Crippen LogP contribution in [0.2, 0.25) is 0 Å². The van der Waals surface area contributed by atoms with E-state index in [1.165, 1.54) is 0 Å². The largest absolute Gasteiger partial charge is 0.453 e. The molecule has 3 N–H and O–H groups in total. The third-order valence-corrected chi connectivity index (χ3v) is 2.08. The van der Waals surface area contributed by atoms with Crippen LogP contribution in [0.25, 0.3) is 0 Å². The highest BCUT2D eigenvalue weighted by Gasteiger charge is 2.22. The van der Waals surface area contributed by atoms with Crippen LogP contribution in [-0.2, 0) is 0 Å². The molecule has 0 bridgehead atoms. The molecule has 1 aromatic carbocycles. The van der Waals surface area contributed by atoms with Crippen LogP contribution < -0.4 is 20.5 Å². The fourth-order valence-corrected chi connectivity index (χ4v) is 1.46. The van der Waals surface area contributed by atoms with Crippen LogP contribution in [0.15, 0.2) is 12.1 Å². The number of anilines is 1. The summed E-state index contributed by atoms with van der Waals surface area (Å²) >= 11 is 0. The number of rotatable bonds is 2. The third kappa shape index (κ3) is 1.68. The van der Waals surface area contributed by atoms with E-state index in [1.807, 2.05) is 6.92 Å². The molecular formula is C10H12N2O3. The summed E-state index contributed by atoms with van der Waals surface area (Å²) in [7, 11) is 0. The van der Waals surface area contributed by atoms with Gasteiger partial charge in [-0.25, -0.2) is 0 Å². The lowest BCUT2D eigenvalue weighted by Crippen LogP contribution is -2.23. The number of nitrogens with one attached hydrogen (secondary N) is 1. The molecule has 5 heteroatoms. The predicted octanol–water partition coefficient (Wildman–Crippen LogP) is 0.747. The van der Waals surface area contributed by atoms with E-state index in [1.54, 1.807) is 12.1 Å². The van der Waals surface area contributed by atoms with Crippen LogP contribution in [0.4, 0.5) is 5.69 Å². The highest BCUT2D eigenvalue weighted by molar-refractivity contribution is 5.99. The Labute approximate surface area is 87.2 Å². The van der Waals surface area contributed by atoms with Crippen molar-refractivity contribution < 1.29 is 14.3 Å². The van der Waals surface area contributed by atoms with Gasteiger partial charge in [-0.1, -0.05) is 0 Å². The molecule has 15 heavy (non-hydrogen) atoms. The maximum absolute atomic E-state index is 11.7. The number of ether oxygens (including phenoxy) is 2. The van der Waals surface area contributed by atoms with Gasteiger partial charge in [-0.2, -0.15) is 0 Å². The van der Waals surface area contributed by atoms with Crippen molar-refractivity contribution in [1.82, 2.24) is 5.32 Å². The van der Waals surface area contributed by atoms with Crippen molar-refractivity contribution in [3.05, 3.63) is 17.7 Å². The zero-order valence-electron chi connectivity index (χ0n) is 8.37. The van der Waals surface area contributed by atoms with Crippen molar-refractivity contribution >= 4 is 11.6 Å². The Kier molecular flexibility index (Phi) is 2.37. The minimum absolute atomic E-state index is 0.130. The molecule has 0 saturated heterocycles. The van der Waals surface area contributed by atoms with Crippen molar-refractivity contribution in [2.75, 3.05) is 19.1 Å². The summed E-state index contributed by atoms with van der Waals surface area (Å²) in [4.78, 5) is 11.7. The first-order valence-electron chi connectivity index (χ1n) is 4.69. The van der Waals surface area contributed by atoms with Gasteiger partial charge in [0.05, 0.1) is 5.56 Å². The lowest BCUT2D eigenvalue weighted by atomic mass is 10.1. The van der Waals surface area contributed by atoms with Gasteiger partial charge in [-0.05, 0) is 13.0 Å². The predicted molar refractivity (Wildman–Crippen MR) is 55.0 cm³/mol. The van der Waals surface area contributed by atoms with Gasteiger partial charge in [0.15, 0.2) is 11.5 Å². The number of hydrogen-bond donors (Lipinski definition) is 2. The summed E-state index contributed by atoms with van der Waals surface area (Å²) in [6.07, 6.45) is 0. The normalized spacial score (nSPS) is 12.6. The minimum atomic E-state index is -0.202. The van der Waals surface area contributed by atoms with E-state index in [4.69, 9.17) is 15.2 Å². The van der Waals surface area contributed by atoms with Crippen molar-refractivity contribution in [2.45, 2.75) is 6.92 Å². The Morgan fingerprint density at radius 3 is 3.07 bits per heavy atom. The first kappa shape index (κ1) is 9.64. The third-order valence-electron chi connectivity index (χ3n) is 2.08. The minimum Gasteiger partial charge on any atom is -0.453 e. The van der Waals surface area contributed by atoms with E-state index >= 15 is 0 Å². The Balaban J connectivity index is 2.42. The quantitative estimate of drug-likeness (QED) is 0.703. The molecule has 1 aliphatic heterocycles. The first-order valence-corrected chi connectivity index (χ1v) is 4.69. The highest BCUT2D eigenvalue weighted by Crippen LogP contribution is 2.37. The number of amides is 1. The van der Waals surface area contributed by atoms with Gasteiger partial charge in [0.1, 0.15) is 0 Å². The van der Waals surface area contributed by atoms with E-state index in [0.717, 1.165) is 0 Å². The smallest absolute Gasteiger partial charge is 0.255 e. The molecule has 5 nitrogen and oxygen atoms in total. The summed E-state index contributed by atoms with van der Waals surface area (Å²) in [5.74, 6) is 0.790. The Bertz CT molecular complexity index is 404. The fourth-order valence-electron chi connectivity index (χ4n) is 1.46. The molecular weight excluding hydrogens is 196 g/mol. The number of nitrogens with two attached hydrogens (primary N) is 1. The van der Waals surface area contributed by atoms with Gasteiger partial charge in [-0.15, -0.1) is 0 Å². The topological polar surface area (TPSA) is 73.6 Å². The van der Waals surface area contributed by atoms with Crippen molar-refractivity contribution in [2.24, 2.45) is 0 Å². The van der Waals surface area contributed by atoms with Crippen LogP contribution in [0.1, 0.15) is 17.3 Å². The van der Waals surface area contributed by atoms with Crippen molar-refractivity contribution in [3.8, 4) is 11.5 Å². The number of fused-ring (bicyclic) bond motifs is 1. The number of nitrogen functional groups attached to an aromatic ring is 1. The van der Waals surface area contributed by atoms with Gasteiger partial charge in [0, 0.05) is 18.3 Å². The van der Waals surface area contributed by atoms with E-state index in [2.05, 4.69) is 5.32 Å². The van der Waals surface area contributed by atoms with Gasteiger partial charge < -0.3 is 20.5 Å². The van der Waals surface area contributed by atoms with E-state index in [0.29, 0.717) is 29.3 Å². The lowest BCUT2D eigenvalue weighted by molar-refractivity contribution is 0.0951. The molecule has 1 aliphatic rings. The lowest BCUT2D eigenvalue weighted by Gasteiger charge is -2.06. The standard InChI is InChI=1S/C10H12N2O3/c1-2-12-10(13)7-3-6(11)4-8-9(7)15-5-14-8/h3-4H,2,5,11H2,1H3,(H,12,13). The molecule has 2 rings (SSSR count). The molecule has 0 aromatic heterocycles. The molecule has 1 aromatic rings. The second kappa shape index (κ2) is 3.68. The van der Waals surface area contributed by atoms with Crippen LogP contribution in [0, 0.1) is 0 Å². The number of carbonyl (C=O) groups is 1. The highest BCUT2D eigenvalue weighted by atomic mass is 16.7. The molecule has 0 fully saturated rings. The Hall–Kier alpha value is -1.91. The Morgan fingerprint density at radius 2 is 2.33 bits per heavy atom.